The standard InChI is InChI=1S/C18H13N3O2/c19-9-14-10-21(15-6-4-12(5-7-15)18(20)23)11-17(14)13-2-1-3-16(22)8-13/h1-8,10-11,22H,(H2,20,23). The van der Waals surface area contributed by atoms with Crippen molar-refractivity contribution in [3.8, 4) is 28.6 Å². The van der Waals surface area contributed by atoms with Crippen molar-refractivity contribution in [2.45, 2.75) is 0 Å². The largest absolute Gasteiger partial charge is 0.508 e. The molecular formula is C18H13N3O2. The summed E-state index contributed by atoms with van der Waals surface area (Å²) in [5, 5.41) is 19.0. The second-order valence-corrected chi connectivity index (χ2v) is 5.07. The fourth-order valence-electron chi connectivity index (χ4n) is 2.39. The van der Waals surface area contributed by atoms with E-state index in [1.54, 1.807) is 53.2 Å². The molecule has 0 radical (unpaired) electrons. The van der Waals surface area contributed by atoms with Gasteiger partial charge in [-0.15, -0.1) is 0 Å². The van der Waals surface area contributed by atoms with Crippen LogP contribution in [0.1, 0.15) is 15.9 Å². The Bertz CT molecular complexity index is 918. The Morgan fingerprint density at radius 3 is 2.48 bits per heavy atom. The first kappa shape index (κ1) is 14.4. The fourth-order valence-corrected chi connectivity index (χ4v) is 2.39. The number of nitrogens with two attached hydrogens (primary N) is 1. The minimum Gasteiger partial charge on any atom is -0.508 e. The number of carbonyl (C=O) groups is 1. The summed E-state index contributed by atoms with van der Waals surface area (Å²) in [4.78, 5) is 11.1. The molecule has 0 aliphatic carbocycles. The van der Waals surface area contributed by atoms with Crippen LogP contribution in [-0.2, 0) is 0 Å². The molecule has 112 valence electrons. The van der Waals surface area contributed by atoms with Gasteiger partial charge >= 0.3 is 0 Å². The zero-order valence-corrected chi connectivity index (χ0v) is 12.1. The molecule has 3 N–H and O–H groups in total. The van der Waals surface area contributed by atoms with Crippen molar-refractivity contribution in [3.63, 3.8) is 0 Å². The van der Waals surface area contributed by atoms with Crippen LogP contribution in [0.15, 0.2) is 60.9 Å². The maximum atomic E-state index is 11.1. The van der Waals surface area contributed by atoms with Gasteiger partial charge in [-0.1, -0.05) is 12.1 Å². The van der Waals surface area contributed by atoms with Crippen LogP contribution in [0.25, 0.3) is 16.8 Å². The van der Waals surface area contributed by atoms with E-state index in [-0.39, 0.29) is 5.75 Å². The number of aromatic hydroxyl groups is 1. The lowest BCUT2D eigenvalue weighted by molar-refractivity contribution is 0.100. The van der Waals surface area contributed by atoms with Gasteiger partial charge in [0.05, 0.1) is 5.56 Å². The van der Waals surface area contributed by atoms with E-state index in [0.717, 1.165) is 16.8 Å². The predicted octanol–water partition coefficient (Wildman–Crippen LogP) is 2.82. The predicted molar refractivity (Wildman–Crippen MR) is 86.1 cm³/mol. The van der Waals surface area contributed by atoms with Crippen LogP contribution in [0.4, 0.5) is 0 Å². The number of carbonyl (C=O) groups excluding carboxylic acids is 1. The average molecular weight is 303 g/mol. The monoisotopic (exact) mass is 303 g/mol. The smallest absolute Gasteiger partial charge is 0.248 e. The molecule has 0 saturated carbocycles. The van der Waals surface area contributed by atoms with Crippen molar-refractivity contribution in [2.24, 2.45) is 5.73 Å². The Balaban J connectivity index is 2.05. The number of phenols is 1. The van der Waals surface area contributed by atoms with Gasteiger partial charge in [-0.05, 0) is 42.0 Å². The molecule has 0 spiro atoms. The summed E-state index contributed by atoms with van der Waals surface area (Å²) in [6.45, 7) is 0. The van der Waals surface area contributed by atoms with Crippen LogP contribution in [0, 0.1) is 11.3 Å². The van der Waals surface area contributed by atoms with Crippen molar-refractivity contribution in [2.75, 3.05) is 0 Å². The van der Waals surface area contributed by atoms with Crippen LogP contribution < -0.4 is 5.73 Å². The van der Waals surface area contributed by atoms with Crippen LogP contribution in [0.2, 0.25) is 0 Å². The van der Waals surface area contributed by atoms with Gasteiger partial charge < -0.3 is 15.4 Å². The summed E-state index contributed by atoms with van der Waals surface area (Å²) in [7, 11) is 0. The third-order valence-electron chi connectivity index (χ3n) is 3.55. The summed E-state index contributed by atoms with van der Waals surface area (Å²) in [6.07, 6.45) is 3.52. The maximum absolute atomic E-state index is 11.1. The van der Waals surface area contributed by atoms with Crippen molar-refractivity contribution in [1.29, 1.82) is 5.26 Å². The molecule has 3 aromatic rings. The number of hydrogen-bond acceptors (Lipinski definition) is 3. The number of amides is 1. The number of rotatable bonds is 3. The van der Waals surface area contributed by atoms with E-state index < -0.39 is 5.91 Å². The third kappa shape index (κ3) is 2.78. The second-order valence-electron chi connectivity index (χ2n) is 5.07. The molecule has 5 heteroatoms. The first-order valence-corrected chi connectivity index (χ1v) is 6.90. The Labute approximate surface area is 132 Å². The number of primary amides is 1. The highest BCUT2D eigenvalue weighted by Crippen LogP contribution is 2.28. The average Bonchev–Trinajstić information content (AvgIpc) is 2.99. The molecule has 1 aromatic heterocycles. The molecule has 2 aromatic carbocycles. The van der Waals surface area contributed by atoms with E-state index in [0.29, 0.717) is 11.1 Å². The highest BCUT2D eigenvalue weighted by molar-refractivity contribution is 5.92. The van der Waals surface area contributed by atoms with E-state index in [4.69, 9.17) is 5.73 Å². The SMILES string of the molecule is N#Cc1cn(-c2ccc(C(N)=O)cc2)cc1-c1cccc(O)c1. The Kier molecular flexibility index (Phi) is 3.57. The lowest BCUT2D eigenvalue weighted by Gasteiger charge is -2.03. The molecule has 0 unspecified atom stereocenters. The molecular weight excluding hydrogens is 290 g/mol. The van der Waals surface area contributed by atoms with E-state index in [2.05, 4.69) is 6.07 Å². The summed E-state index contributed by atoms with van der Waals surface area (Å²) < 4.78 is 1.79. The van der Waals surface area contributed by atoms with Crippen LogP contribution in [0.5, 0.6) is 5.75 Å². The molecule has 0 atom stereocenters. The van der Waals surface area contributed by atoms with E-state index in [9.17, 15) is 15.2 Å². The zero-order chi connectivity index (χ0) is 16.4. The zero-order valence-electron chi connectivity index (χ0n) is 12.1. The van der Waals surface area contributed by atoms with Gasteiger partial charge in [0.25, 0.3) is 0 Å². The minimum absolute atomic E-state index is 0.143. The molecule has 1 heterocycles. The van der Waals surface area contributed by atoms with Gasteiger partial charge in [0.1, 0.15) is 11.8 Å². The molecule has 3 rings (SSSR count). The minimum atomic E-state index is -0.484. The molecule has 5 nitrogen and oxygen atoms in total. The summed E-state index contributed by atoms with van der Waals surface area (Å²) in [5.74, 6) is -0.341. The normalized spacial score (nSPS) is 10.2. The molecule has 0 aliphatic heterocycles. The van der Waals surface area contributed by atoms with E-state index in [1.165, 1.54) is 0 Å². The number of hydrogen-bond donors (Lipinski definition) is 2. The quantitative estimate of drug-likeness (QED) is 0.779. The van der Waals surface area contributed by atoms with Crippen molar-refractivity contribution in [3.05, 3.63) is 72.1 Å². The summed E-state index contributed by atoms with van der Waals surface area (Å²) in [6, 6.07) is 15.7. The number of benzene rings is 2. The van der Waals surface area contributed by atoms with Gasteiger partial charge in [0, 0.05) is 29.2 Å². The number of nitriles is 1. The van der Waals surface area contributed by atoms with Gasteiger partial charge in [-0.25, -0.2) is 0 Å². The van der Waals surface area contributed by atoms with Crippen LogP contribution in [-0.4, -0.2) is 15.6 Å². The van der Waals surface area contributed by atoms with Crippen LogP contribution >= 0.6 is 0 Å². The Hall–Kier alpha value is -3.52. The lowest BCUT2D eigenvalue weighted by atomic mass is 10.1. The van der Waals surface area contributed by atoms with E-state index >= 15 is 0 Å². The van der Waals surface area contributed by atoms with Gasteiger partial charge in [0.2, 0.25) is 5.91 Å². The van der Waals surface area contributed by atoms with E-state index in [1.807, 2.05) is 12.3 Å². The highest BCUT2D eigenvalue weighted by Gasteiger charge is 2.11. The molecule has 23 heavy (non-hydrogen) atoms. The van der Waals surface area contributed by atoms with Gasteiger partial charge in [-0.3, -0.25) is 4.79 Å². The second kappa shape index (κ2) is 5.70. The van der Waals surface area contributed by atoms with Crippen molar-refractivity contribution >= 4 is 5.91 Å². The van der Waals surface area contributed by atoms with Gasteiger partial charge in [0.15, 0.2) is 0 Å². The molecule has 1 amide bonds. The number of phenolic OH excluding ortho intramolecular Hbond substituents is 1. The Morgan fingerprint density at radius 2 is 1.87 bits per heavy atom. The van der Waals surface area contributed by atoms with Crippen LogP contribution in [0.3, 0.4) is 0 Å². The topological polar surface area (TPSA) is 92.0 Å². The van der Waals surface area contributed by atoms with Crippen molar-refractivity contribution in [1.82, 2.24) is 4.57 Å². The van der Waals surface area contributed by atoms with Gasteiger partial charge in [-0.2, -0.15) is 5.26 Å². The Morgan fingerprint density at radius 1 is 1.13 bits per heavy atom. The number of aromatic nitrogens is 1. The molecule has 0 fully saturated rings. The molecule has 0 saturated heterocycles. The fraction of sp³-hybridized carbons (Fsp3) is 0. The summed E-state index contributed by atoms with van der Waals surface area (Å²) in [5.41, 5.74) is 8.44. The first-order valence-electron chi connectivity index (χ1n) is 6.90. The molecule has 0 bridgehead atoms. The third-order valence-corrected chi connectivity index (χ3v) is 3.55. The van der Waals surface area contributed by atoms with Crippen molar-refractivity contribution < 1.29 is 9.90 Å². The highest BCUT2D eigenvalue weighted by atomic mass is 16.3. The lowest BCUT2D eigenvalue weighted by Crippen LogP contribution is -2.10. The molecule has 0 aliphatic rings. The first-order chi connectivity index (χ1) is 11.1. The summed E-state index contributed by atoms with van der Waals surface area (Å²) >= 11 is 0. The maximum Gasteiger partial charge on any atom is 0.248 e. The number of nitrogens with zero attached hydrogens (tertiary/aromatic N) is 2.